The number of amides is 2. The van der Waals surface area contributed by atoms with Crippen molar-refractivity contribution in [1.82, 2.24) is 10.6 Å². The third kappa shape index (κ3) is 5.74. The van der Waals surface area contributed by atoms with Gasteiger partial charge in [0.05, 0.1) is 24.8 Å². The minimum Gasteiger partial charge on any atom is -0.494 e. The van der Waals surface area contributed by atoms with E-state index in [0.717, 1.165) is 37.0 Å². The number of ether oxygens (including phenoxy) is 2. The lowest BCUT2D eigenvalue weighted by molar-refractivity contribution is -0.139. The Balaban J connectivity index is 2.23. The molecule has 1 aliphatic heterocycles. The van der Waals surface area contributed by atoms with Gasteiger partial charge >= 0.3 is 12.0 Å². The van der Waals surface area contributed by atoms with E-state index in [9.17, 15) is 9.59 Å². The van der Waals surface area contributed by atoms with Crippen LogP contribution in [0.15, 0.2) is 35.5 Å². The number of allylic oxidation sites excluding steroid dienone is 1. The number of carbonyl (C=O) groups is 2. The molecule has 0 fully saturated rings. The van der Waals surface area contributed by atoms with Crippen LogP contribution in [-0.4, -0.2) is 25.2 Å². The van der Waals surface area contributed by atoms with Crippen LogP contribution in [0, 0.1) is 0 Å². The summed E-state index contributed by atoms with van der Waals surface area (Å²) >= 11 is 0. The van der Waals surface area contributed by atoms with E-state index in [-0.39, 0.29) is 12.6 Å². The Hall–Kier alpha value is -2.50. The summed E-state index contributed by atoms with van der Waals surface area (Å²) in [5.74, 6) is 0.379. The number of carbonyl (C=O) groups excluding carboxylic acids is 2. The summed E-state index contributed by atoms with van der Waals surface area (Å²) in [7, 11) is 0. The minimum absolute atomic E-state index is 0.285. The summed E-state index contributed by atoms with van der Waals surface area (Å²) in [6.45, 7) is 6.90. The van der Waals surface area contributed by atoms with Crippen LogP contribution >= 0.6 is 0 Å². The molecule has 1 unspecified atom stereocenters. The Morgan fingerprint density at radius 2 is 1.81 bits per heavy atom. The van der Waals surface area contributed by atoms with Crippen molar-refractivity contribution < 1.29 is 19.1 Å². The molecule has 6 heteroatoms. The van der Waals surface area contributed by atoms with Gasteiger partial charge in [-0.3, -0.25) is 0 Å². The van der Waals surface area contributed by atoms with Crippen molar-refractivity contribution in [3.63, 3.8) is 0 Å². The van der Waals surface area contributed by atoms with E-state index in [0.29, 0.717) is 24.3 Å². The summed E-state index contributed by atoms with van der Waals surface area (Å²) in [6.07, 6.45) is 4.75. The maximum Gasteiger partial charge on any atom is 0.338 e. The van der Waals surface area contributed by atoms with Crippen LogP contribution in [0.25, 0.3) is 0 Å². The highest BCUT2D eigenvalue weighted by Gasteiger charge is 2.33. The van der Waals surface area contributed by atoms with Crippen molar-refractivity contribution in [2.75, 3.05) is 13.2 Å². The number of esters is 1. The molecule has 0 spiro atoms. The molecule has 6 nitrogen and oxygen atoms in total. The van der Waals surface area contributed by atoms with Gasteiger partial charge in [-0.15, -0.1) is 0 Å². The largest absolute Gasteiger partial charge is 0.494 e. The SMILES string of the molecule is CCCCCOc1ccc(C2NC(=O)NC(CCC)=C2C(=O)OCC)cc1. The normalized spacial score (nSPS) is 16.6. The lowest BCUT2D eigenvalue weighted by Crippen LogP contribution is -2.46. The predicted molar refractivity (Wildman–Crippen MR) is 104 cm³/mol. The van der Waals surface area contributed by atoms with Gasteiger partial charge in [-0.1, -0.05) is 45.2 Å². The maximum atomic E-state index is 12.5. The topological polar surface area (TPSA) is 76.7 Å². The fourth-order valence-electron chi connectivity index (χ4n) is 3.06. The third-order valence-corrected chi connectivity index (χ3v) is 4.38. The molecule has 0 saturated carbocycles. The number of hydrogen-bond donors (Lipinski definition) is 2. The molecule has 148 valence electrons. The van der Waals surface area contributed by atoms with Crippen molar-refractivity contribution in [3.05, 3.63) is 41.1 Å². The molecule has 0 saturated heterocycles. The maximum absolute atomic E-state index is 12.5. The quantitative estimate of drug-likeness (QED) is 0.475. The van der Waals surface area contributed by atoms with Crippen molar-refractivity contribution in [1.29, 1.82) is 0 Å². The monoisotopic (exact) mass is 374 g/mol. The third-order valence-electron chi connectivity index (χ3n) is 4.38. The van der Waals surface area contributed by atoms with E-state index in [1.54, 1.807) is 6.92 Å². The second-order valence-electron chi connectivity index (χ2n) is 6.52. The Labute approximate surface area is 161 Å². The van der Waals surface area contributed by atoms with Gasteiger partial charge in [0.15, 0.2) is 0 Å². The molecule has 0 bridgehead atoms. The van der Waals surface area contributed by atoms with Crippen molar-refractivity contribution in [2.45, 2.75) is 58.9 Å². The first kappa shape index (κ1) is 20.8. The second kappa shape index (κ2) is 10.6. The Morgan fingerprint density at radius 3 is 2.44 bits per heavy atom. The molecular formula is C21H30N2O4. The van der Waals surface area contributed by atoms with Gasteiger partial charge in [0.2, 0.25) is 0 Å². The van der Waals surface area contributed by atoms with Gasteiger partial charge in [-0.2, -0.15) is 0 Å². The van der Waals surface area contributed by atoms with Crippen molar-refractivity contribution >= 4 is 12.0 Å². The molecule has 2 N–H and O–H groups in total. The fraction of sp³-hybridized carbons (Fsp3) is 0.524. The number of unbranched alkanes of at least 4 members (excludes halogenated alkanes) is 2. The van der Waals surface area contributed by atoms with Crippen LogP contribution in [0.5, 0.6) is 5.75 Å². The van der Waals surface area contributed by atoms with Crippen molar-refractivity contribution in [2.24, 2.45) is 0 Å². The Bertz CT molecular complexity index is 667. The van der Waals surface area contributed by atoms with Crippen molar-refractivity contribution in [3.8, 4) is 5.75 Å². The first-order valence-electron chi connectivity index (χ1n) is 9.81. The van der Waals surface area contributed by atoms with Gasteiger partial charge < -0.3 is 20.1 Å². The number of urea groups is 1. The predicted octanol–water partition coefficient (Wildman–Crippen LogP) is 4.23. The first-order chi connectivity index (χ1) is 13.1. The van der Waals surface area contributed by atoms with E-state index >= 15 is 0 Å². The van der Waals surface area contributed by atoms with Gasteiger partial charge in [0.25, 0.3) is 0 Å². The molecule has 2 amide bonds. The summed E-state index contributed by atoms with van der Waals surface area (Å²) in [5, 5.41) is 5.60. The van der Waals surface area contributed by atoms with Crippen LogP contribution in [0.4, 0.5) is 4.79 Å². The molecule has 0 aromatic heterocycles. The van der Waals surface area contributed by atoms with E-state index in [1.807, 2.05) is 31.2 Å². The lowest BCUT2D eigenvalue weighted by Gasteiger charge is -2.29. The highest BCUT2D eigenvalue weighted by atomic mass is 16.5. The van der Waals surface area contributed by atoms with Gasteiger partial charge in [0.1, 0.15) is 5.75 Å². The molecule has 1 aliphatic rings. The zero-order valence-electron chi connectivity index (χ0n) is 16.5. The van der Waals surface area contributed by atoms with Gasteiger partial charge in [-0.05, 0) is 37.5 Å². The first-order valence-corrected chi connectivity index (χ1v) is 9.81. The highest BCUT2D eigenvalue weighted by molar-refractivity contribution is 5.95. The van der Waals surface area contributed by atoms with Crippen LogP contribution in [0.1, 0.15) is 64.5 Å². The molecule has 1 atom stereocenters. The summed E-state index contributed by atoms with van der Waals surface area (Å²) in [5.41, 5.74) is 1.92. The number of nitrogens with one attached hydrogen (secondary N) is 2. The van der Waals surface area contributed by atoms with Crippen LogP contribution < -0.4 is 15.4 Å². The summed E-state index contributed by atoms with van der Waals surface area (Å²) < 4.78 is 11.0. The number of rotatable bonds is 10. The minimum atomic E-state index is -0.534. The molecule has 2 rings (SSSR count). The average molecular weight is 374 g/mol. The average Bonchev–Trinajstić information content (AvgIpc) is 2.66. The van der Waals surface area contributed by atoms with Crippen LogP contribution in [0.3, 0.4) is 0 Å². The fourth-order valence-corrected chi connectivity index (χ4v) is 3.06. The smallest absolute Gasteiger partial charge is 0.338 e. The number of benzene rings is 1. The molecule has 1 heterocycles. The van der Waals surface area contributed by atoms with E-state index in [4.69, 9.17) is 9.47 Å². The standard InChI is InChI=1S/C21H30N2O4/c1-4-7-8-14-27-16-12-10-15(11-13-16)19-18(20(24)26-6-3)17(9-5-2)22-21(25)23-19/h10-13,19H,4-9,14H2,1-3H3,(H2,22,23,25). The van der Waals surface area contributed by atoms with Crippen LogP contribution in [-0.2, 0) is 9.53 Å². The van der Waals surface area contributed by atoms with Crippen LogP contribution in [0.2, 0.25) is 0 Å². The lowest BCUT2D eigenvalue weighted by atomic mass is 9.94. The van der Waals surface area contributed by atoms with E-state index < -0.39 is 12.0 Å². The van der Waals surface area contributed by atoms with Gasteiger partial charge in [0, 0.05) is 5.70 Å². The molecule has 0 aliphatic carbocycles. The molecular weight excluding hydrogens is 344 g/mol. The molecule has 1 aromatic rings. The zero-order chi connectivity index (χ0) is 19.6. The van der Waals surface area contributed by atoms with Gasteiger partial charge in [-0.25, -0.2) is 9.59 Å². The second-order valence-corrected chi connectivity index (χ2v) is 6.52. The Kier molecular flexibility index (Phi) is 8.17. The summed E-state index contributed by atoms with van der Waals surface area (Å²) in [6, 6.07) is 6.67. The number of hydrogen-bond acceptors (Lipinski definition) is 4. The van der Waals surface area contributed by atoms with E-state index in [1.165, 1.54) is 0 Å². The molecule has 0 radical (unpaired) electrons. The van der Waals surface area contributed by atoms with E-state index in [2.05, 4.69) is 17.6 Å². The summed E-state index contributed by atoms with van der Waals surface area (Å²) in [4.78, 5) is 24.6. The Morgan fingerprint density at radius 1 is 1.07 bits per heavy atom. The highest BCUT2D eigenvalue weighted by Crippen LogP contribution is 2.30. The molecule has 27 heavy (non-hydrogen) atoms. The molecule has 1 aromatic carbocycles. The zero-order valence-corrected chi connectivity index (χ0v) is 16.5.